The van der Waals surface area contributed by atoms with Gasteiger partial charge in [0, 0.05) is 22.7 Å². The normalized spacial score (nSPS) is 12.3. The minimum Gasteiger partial charge on any atom is -0.507 e. The van der Waals surface area contributed by atoms with Crippen molar-refractivity contribution in [1.29, 1.82) is 0 Å². The first-order valence-electron chi connectivity index (χ1n) is 6.91. The summed E-state index contributed by atoms with van der Waals surface area (Å²) in [5, 5.41) is 10.6. The van der Waals surface area contributed by atoms with Gasteiger partial charge in [0.25, 0.3) is 10.1 Å². The molecule has 0 spiro atoms. The van der Waals surface area contributed by atoms with E-state index in [0.29, 0.717) is 16.3 Å². The van der Waals surface area contributed by atoms with Crippen molar-refractivity contribution in [3.05, 3.63) is 64.7 Å². The van der Waals surface area contributed by atoms with Crippen molar-refractivity contribution < 1.29 is 18.1 Å². The highest BCUT2D eigenvalue weighted by Gasteiger charge is 2.11. The molecule has 2 rings (SSSR count). The Morgan fingerprint density at radius 3 is 2.35 bits per heavy atom. The Morgan fingerprint density at radius 2 is 1.74 bits per heavy atom. The van der Waals surface area contributed by atoms with Gasteiger partial charge in [-0.05, 0) is 30.7 Å². The molecule has 2 aromatic rings. The Morgan fingerprint density at radius 1 is 1.09 bits per heavy atom. The Hall–Kier alpha value is -1.89. The van der Waals surface area contributed by atoms with Crippen LogP contribution in [0.4, 0.5) is 0 Å². The van der Waals surface area contributed by atoms with Crippen LogP contribution in [-0.2, 0) is 10.1 Å². The Bertz CT molecular complexity index is 801. The summed E-state index contributed by atoms with van der Waals surface area (Å²) in [5.74, 6) is -0.276. The monoisotopic (exact) mass is 353 g/mol. The Labute approximate surface area is 140 Å². The van der Waals surface area contributed by atoms with Crippen LogP contribution in [0.25, 0.3) is 0 Å². The summed E-state index contributed by atoms with van der Waals surface area (Å²) < 4.78 is 30.3. The van der Waals surface area contributed by atoms with Crippen LogP contribution in [0, 0.1) is 0 Å². The highest BCUT2D eigenvalue weighted by atomic mass is 35.5. The van der Waals surface area contributed by atoms with Crippen LogP contribution in [0.15, 0.2) is 53.5 Å². The summed E-state index contributed by atoms with van der Waals surface area (Å²) in [6.45, 7) is 0.200. The maximum Gasteiger partial charge on any atom is 0.264 e. The van der Waals surface area contributed by atoms with Gasteiger partial charge in [0.15, 0.2) is 0 Å². The second-order valence-corrected chi connectivity index (χ2v) is 6.90. The number of rotatable bonds is 6. The van der Waals surface area contributed by atoms with E-state index < -0.39 is 10.1 Å². The van der Waals surface area contributed by atoms with E-state index in [2.05, 4.69) is 4.99 Å². The molecular formula is C16H16ClNO4S. The summed E-state index contributed by atoms with van der Waals surface area (Å²) in [7, 11) is -4.00. The van der Waals surface area contributed by atoms with Crippen LogP contribution in [-0.4, -0.2) is 36.1 Å². The van der Waals surface area contributed by atoms with Gasteiger partial charge in [0.05, 0.1) is 11.5 Å². The summed E-state index contributed by atoms with van der Waals surface area (Å²) in [4.78, 5) is 4.40. The van der Waals surface area contributed by atoms with Gasteiger partial charge in [-0.1, -0.05) is 35.9 Å². The fourth-order valence-corrected chi connectivity index (χ4v) is 2.67. The number of para-hydroxylation sites is 1. The van der Waals surface area contributed by atoms with Gasteiger partial charge in [-0.2, -0.15) is 8.42 Å². The second kappa shape index (κ2) is 7.59. The molecule has 2 N–H and O–H groups in total. The first-order valence-corrected chi connectivity index (χ1v) is 8.89. The number of nitrogens with zero attached hydrogens (tertiary/aromatic N) is 1. The van der Waals surface area contributed by atoms with Crippen LogP contribution in [0.3, 0.4) is 0 Å². The molecule has 0 radical (unpaired) electrons. The molecule has 0 fully saturated rings. The average Bonchev–Trinajstić information content (AvgIpc) is 2.49. The molecule has 0 saturated carbocycles. The second-order valence-electron chi connectivity index (χ2n) is 4.89. The zero-order valence-corrected chi connectivity index (χ0v) is 13.8. The number of aliphatic imine (C=N–C) groups is 1. The molecule has 0 unspecified atom stereocenters. The summed E-state index contributed by atoms with van der Waals surface area (Å²) in [6, 6.07) is 13.7. The number of phenols is 1. The Balaban J connectivity index is 2.32. The van der Waals surface area contributed by atoms with Gasteiger partial charge in [-0.15, -0.1) is 0 Å². The van der Waals surface area contributed by atoms with Crippen molar-refractivity contribution in [3.8, 4) is 5.75 Å². The molecular weight excluding hydrogens is 338 g/mol. The van der Waals surface area contributed by atoms with Crippen LogP contribution >= 0.6 is 11.6 Å². The predicted molar refractivity (Wildman–Crippen MR) is 91.1 cm³/mol. The standard InChI is InChI=1S/C16H16ClNO4S/c17-13-8-6-12(7-9-13)16(14-4-1-2-5-15(14)19)18-10-3-11-23(20,21)22/h1-2,4-9,19H,3,10-11H2,(H,20,21,22). The molecule has 0 atom stereocenters. The number of phenolic OH excluding ortho intramolecular Hbond substituents is 1. The number of benzene rings is 2. The van der Waals surface area contributed by atoms with Crippen molar-refractivity contribution in [1.82, 2.24) is 0 Å². The molecule has 2 aromatic carbocycles. The number of halogens is 1. The third kappa shape index (κ3) is 5.35. The van der Waals surface area contributed by atoms with Crippen LogP contribution in [0.1, 0.15) is 17.5 Å². The van der Waals surface area contributed by atoms with E-state index >= 15 is 0 Å². The van der Waals surface area contributed by atoms with E-state index in [-0.39, 0.29) is 24.5 Å². The van der Waals surface area contributed by atoms with E-state index in [1.807, 2.05) is 0 Å². The fraction of sp³-hybridized carbons (Fsp3) is 0.188. The molecule has 0 heterocycles. The van der Waals surface area contributed by atoms with Crippen LogP contribution in [0.5, 0.6) is 5.75 Å². The van der Waals surface area contributed by atoms with Crippen molar-refractivity contribution in [2.45, 2.75) is 6.42 Å². The molecule has 122 valence electrons. The van der Waals surface area contributed by atoms with Crippen LogP contribution < -0.4 is 0 Å². The number of hydrogen-bond donors (Lipinski definition) is 2. The van der Waals surface area contributed by atoms with Crippen molar-refractivity contribution in [2.24, 2.45) is 4.99 Å². The van der Waals surface area contributed by atoms with Crippen molar-refractivity contribution in [2.75, 3.05) is 12.3 Å². The van der Waals surface area contributed by atoms with Gasteiger partial charge < -0.3 is 5.11 Å². The largest absolute Gasteiger partial charge is 0.507 e. The Kier molecular flexibility index (Phi) is 5.76. The molecule has 0 amide bonds. The third-order valence-corrected chi connectivity index (χ3v) is 4.16. The molecule has 0 aliphatic carbocycles. The van der Waals surface area contributed by atoms with Crippen molar-refractivity contribution >= 4 is 27.4 Å². The maximum absolute atomic E-state index is 10.8. The molecule has 5 nitrogen and oxygen atoms in total. The highest BCUT2D eigenvalue weighted by Crippen LogP contribution is 2.22. The highest BCUT2D eigenvalue weighted by molar-refractivity contribution is 7.85. The SMILES string of the molecule is O=S(=O)(O)CCCN=C(c1ccc(Cl)cc1)c1ccccc1O. The summed E-state index contributed by atoms with van der Waals surface area (Å²) in [5.41, 5.74) is 1.83. The fourth-order valence-electron chi connectivity index (χ4n) is 2.05. The van der Waals surface area contributed by atoms with Crippen LogP contribution in [0.2, 0.25) is 5.02 Å². The maximum atomic E-state index is 10.8. The van der Waals surface area contributed by atoms with Gasteiger partial charge in [0.2, 0.25) is 0 Å². The number of aromatic hydroxyl groups is 1. The van der Waals surface area contributed by atoms with E-state index in [1.54, 1.807) is 48.5 Å². The topological polar surface area (TPSA) is 87.0 Å². The first-order chi connectivity index (χ1) is 10.9. The zero-order valence-electron chi connectivity index (χ0n) is 12.2. The molecule has 0 bridgehead atoms. The van der Waals surface area contributed by atoms with Gasteiger partial charge in [-0.25, -0.2) is 0 Å². The summed E-state index contributed by atoms with van der Waals surface area (Å²) >= 11 is 5.89. The smallest absolute Gasteiger partial charge is 0.264 e. The quantitative estimate of drug-likeness (QED) is 0.474. The predicted octanol–water partition coefficient (Wildman–Crippen LogP) is 3.16. The minimum absolute atomic E-state index is 0.0796. The number of hydrogen-bond acceptors (Lipinski definition) is 4. The lowest BCUT2D eigenvalue weighted by molar-refractivity contribution is 0.474. The molecule has 23 heavy (non-hydrogen) atoms. The van der Waals surface area contributed by atoms with E-state index in [0.717, 1.165) is 5.56 Å². The third-order valence-electron chi connectivity index (χ3n) is 3.11. The average molecular weight is 354 g/mol. The molecule has 0 aliphatic rings. The van der Waals surface area contributed by atoms with Crippen molar-refractivity contribution in [3.63, 3.8) is 0 Å². The lowest BCUT2D eigenvalue weighted by Crippen LogP contribution is -2.08. The summed E-state index contributed by atoms with van der Waals surface area (Å²) in [6.07, 6.45) is 0.184. The molecule has 0 aromatic heterocycles. The molecule has 7 heteroatoms. The zero-order chi connectivity index (χ0) is 16.9. The molecule has 0 aliphatic heterocycles. The first kappa shape index (κ1) is 17.5. The van der Waals surface area contributed by atoms with E-state index in [9.17, 15) is 13.5 Å². The minimum atomic E-state index is -4.00. The van der Waals surface area contributed by atoms with E-state index in [4.69, 9.17) is 16.2 Å². The lowest BCUT2D eigenvalue weighted by Gasteiger charge is -2.09. The van der Waals surface area contributed by atoms with E-state index in [1.165, 1.54) is 0 Å². The van der Waals surface area contributed by atoms with Gasteiger partial charge in [-0.3, -0.25) is 9.55 Å². The van der Waals surface area contributed by atoms with Gasteiger partial charge >= 0.3 is 0 Å². The van der Waals surface area contributed by atoms with Gasteiger partial charge in [0.1, 0.15) is 5.75 Å². The molecule has 0 saturated heterocycles. The lowest BCUT2D eigenvalue weighted by atomic mass is 10.0.